The van der Waals surface area contributed by atoms with Gasteiger partial charge in [-0.25, -0.2) is 0 Å². The number of rotatable bonds is 7. The summed E-state index contributed by atoms with van der Waals surface area (Å²) < 4.78 is 0. The quantitative estimate of drug-likeness (QED) is 0.736. The van der Waals surface area contributed by atoms with Gasteiger partial charge in [-0.15, -0.1) is 0 Å². The van der Waals surface area contributed by atoms with E-state index in [9.17, 15) is 9.59 Å². The van der Waals surface area contributed by atoms with Crippen molar-refractivity contribution in [2.75, 3.05) is 0 Å². The van der Waals surface area contributed by atoms with Gasteiger partial charge in [0.1, 0.15) is 0 Å². The number of hydrogen-bond acceptors (Lipinski definition) is 3. The SMILES string of the molecule is CCCCCC(=O)NC(=O)[C@@H](N)Cc1ccccc1. The van der Waals surface area contributed by atoms with Crippen molar-refractivity contribution in [3.8, 4) is 0 Å². The smallest absolute Gasteiger partial charge is 0.243 e. The predicted molar refractivity (Wildman–Crippen MR) is 75.4 cm³/mol. The molecule has 4 heteroatoms. The number of imide groups is 1. The van der Waals surface area contributed by atoms with Gasteiger partial charge in [0.2, 0.25) is 11.8 Å². The first-order valence-electron chi connectivity index (χ1n) is 6.76. The summed E-state index contributed by atoms with van der Waals surface area (Å²) in [5.74, 6) is -0.632. The third-order valence-corrected chi connectivity index (χ3v) is 2.91. The summed E-state index contributed by atoms with van der Waals surface area (Å²) in [6.07, 6.45) is 3.68. The average Bonchev–Trinajstić information content (AvgIpc) is 2.40. The van der Waals surface area contributed by atoms with E-state index in [1.165, 1.54) is 0 Å². The molecule has 0 aliphatic carbocycles. The van der Waals surface area contributed by atoms with E-state index in [0.29, 0.717) is 12.8 Å². The first kappa shape index (κ1) is 15.4. The Hall–Kier alpha value is -1.68. The van der Waals surface area contributed by atoms with E-state index in [2.05, 4.69) is 12.2 Å². The molecule has 0 spiro atoms. The molecule has 0 bridgehead atoms. The van der Waals surface area contributed by atoms with Gasteiger partial charge in [-0.3, -0.25) is 14.9 Å². The fourth-order valence-electron chi connectivity index (χ4n) is 1.79. The molecule has 3 N–H and O–H groups in total. The lowest BCUT2D eigenvalue weighted by atomic mass is 10.1. The zero-order valence-corrected chi connectivity index (χ0v) is 11.4. The lowest BCUT2D eigenvalue weighted by Gasteiger charge is -2.11. The number of nitrogens with one attached hydrogen (secondary N) is 1. The van der Waals surface area contributed by atoms with Crippen molar-refractivity contribution in [1.82, 2.24) is 5.32 Å². The summed E-state index contributed by atoms with van der Waals surface area (Å²) in [5.41, 5.74) is 6.78. The molecular weight excluding hydrogens is 240 g/mol. The number of benzene rings is 1. The molecular formula is C15H22N2O2. The molecule has 0 aliphatic rings. The Labute approximate surface area is 114 Å². The Morgan fingerprint density at radius 1 is 1.21 bits per heavy atom. The topological polar surface area (TPSA) is 72.2 Å². The first-order chi connectivity index (χ1) is 9.13. The van der Waals surface area contributed by atoms with Crippen LogP contribution in [0.5, 0.6) is 0 Å². The number of nitrogens with two attached hydrogens (primary N) is 1. The van der Waals surface area contributed by atoms with Gasteiger partial charge in [0.05, 0.1) is 6.04 Å². The maximum absolute atomic E-state index is 11.7. The Kier molecular flexibility index (Phi) is 6.82. The molecule has 1 aromatic rings. The van der Waals surface area contributed by atoms with E-state index in [0.717, 1.165) is 24.8 Å². The van der Waals surface area contributed by atoms with Gasteiger partial charge in [0.25, 0.3) is 0 Å². The van der Waals surface area contributed by atoms with E-state index in [1.54, 1.807) is 0 Å². The number of unbranched alkanes of at least 4 members (excludes halogenated alkanes) is 2. The minimum Gasteiger partial charge on any atom is -0.320 e. The standard InChI is InChI=1S/C15H22N2O2/c1-2-3-5-10-14(18)17-15(19)13(16)11-12-8-6-4-7-9-12/h4,6-9,13H,2-3,5,10-11,16H2,1H3,(H,17,18,19)/t13-/m0/s1. The van der Waals surface area contributed by atoms with Crippen molar-refractivity contribution in [2.45, 2.75) is 45.1 Å². The molecule has 1 aromatic carbocycles. The van der Waals surface area contributed by atoms with Crippen LogP contribution in [0.25, 0.3) is 0 Å². The van der Waals surface area contributed by atoms with E-state index in [-0.39, 0.29) is 5.91 Å². The molecule has 0 unspecified atom stereocenters. The van der Waals surface area contributed by atoms with Crippen LogP contribution < -0.4 is 11.1 Å². The average molecular weight is 262 g/mol. The highest BCUT2D eigenvalue weighted by Crippen LogP contribution is 2.02. The van der Waals surface area contributed by atoms with Gasteiger partial charge in [-0.1, -0.05) is 50.1 Å². The summed E-state index contributed by atoms with van der Waals surface area (Å²) >= 11 is 0. The minimum atomic E-state index is -0.683. The van der Waals surface area contributed by atoms with Crippen molar-refractivity contribution < 1.29 is 9.59 Å². The fraction of sp³-hybridized carbons (Fsp3) is 0.467. The molecule has 0 saturated carbocycles. The van der Waals surface area contributed by atoms with Crippen molar-refractivity contribution >= 4 is 11.8 Å². The molecule has 0 fully saturated rings. The Bertz CT molecular complexity index is 404. The van der Waals surface area contributed by atoms with Crippen LogP contribution in [0, 0.1) is 0 Å². The summed E-state index contributed by atoms with van der Waals surface area (Å²) in [6, 6.07) is 8.85. The zero-order valence-electron chi connectivity index (χ0n) is 11.4. The van der Waals surface area contributed by atoms with Gasteiger partial charge < -0.3 is 5.73 Å². The van der Waals surface area contributed by atoms with Crippen LogP contribution in [0.3, 0.4) is 0 Å². The largest absolute Gasteiger partial charge is 0.320 e. The normalized spacial score (nSPS) is 11.9. The third kappa shape index (κ3) is 6.15. The van der Waals surface area contributed by atoms with Gasteiger partial charge in [0.15, 0.2) is 0 Å². The summed E-state index contributed by atoms with van der Waals surface area (Å²) in [7, 11) is 0. The summed E-state index contributed by atoms with van der Waals surface area (Å²) in [6.45, 7) is 2.07. The third-order valence-electron chi connectivity index (χ3n) is 2.91. The van der Waals surface area contributed by atoms with Crippen LogP contribution in [-0.2, 0) is 16.0 Å². The second-order valence-corrected chi connectivity index (χ2v) is 4.67. The molecule has 4 nitrogen and oxygen atoms in total. The molecule has 0 aromatic heterocycles. The van der Waals surface area contributed by atoms with Crippen LogP contribution in [0.1, 0.15) is 38.2 Å². The lowest BCUT2D eigenvalue weighted by molar-refractivity contribution is -0.131. The Morgan fingerprint density at radius 3 is 2.53 bits per heavy atom. The second-order valence-electron chi connectivity index (χ2n) is 4.67. The fourth-order valence-corrected chi connectivity index (χ4v) is 1.79. The molecule has 1 atom stereocenters. The summed E-state index contributed by atoms with van der Waals surface area (Å²) in [5, 5.41) is 2.36. The second kappa shape index (κ2) is 8.43. The monoisotopic (exact) mass is 262 g/mol. The minimum absolute atomic E-state index is 0.234. The predicted octanol–water partition coefficient (Wildman–Crippen LogP) is 1.78. The van der Waals surface area contributed by atoms with Gasteiger partial charge in [0, 0.05) is 6.42 Å². The van der Waals surface area contributed by atoms with Crippen molar-refractivity contribution in [2.24, 2.45) is 5.73 Å². The number of hydrogen-bond donors (Lipinski definition) is 2. The molecule has 0 radical (unpaired) electrons. The molecule has 104 valence electrons. The van der Waals surface area contributed by atoms with Crippen molar-refractivity contribution in [1.29, 1.82) is 0 Å². The Balaban J connectivity index is 2.34. The molecule has 19 heavy (non-hydrogen) atoms. The maximum Gasteiger partial charge on any atom is 0.243 e. The van der Waals surface area contributed by atoms with Crippen LogP contribution in [-0.4, -0.2) is 17.9 Å². The van der Waals surface area contributed by atoms with Gasteiger partial charge >= 0.3 is 0 Å². The van der Waals surface area contributed by atoms with Gasteiger partial charge in [-0.2, -0.15) is 0 Å². The Morgan fingerprint density at radius 2 is 1.89 bits per heavy atom. The van der Waals surface area contributed by atoms with E-state index >= 15 is 0 Å². The summed E-state index contributed by atoms with van der Waals surface area (Å²) in [4.78, 5) is 23.2. The molecule has 2 amide bonds. The van der Waals surface area contributed by atoms with E-state index in [1.807, 2.05) is 30.3 Å². The van der Waals surface area contributed by atoms with Crippen LogP contribution in [0.4, 0.5) is 0 Å². The lowest BCUT2D eigenvalue weighted by Crippen LogP contribution is -2.44. The van der Waals surface area contributed by atoms with Gasteiger partial charge in [-0.05, 0) is 18.4 Å². The van der Waals surface area contributed by atoms with Crippen LogP contribution >= 0.6 is 0 Å². The molecule has 0 heterocycles. The van der Waals surface area contributed by atoms with Crippen LogP contribution in [0.2, 0.25) is 0 Å². The number of carbonyl (C=O) groups is 2. The molecule has 1 rings (SSSR count). The zero-order chi connectivity index (χ0) is 14.1. The van der Waals surface area contributed by atoms with Crippen molar-refractivity contribution in [3.63, 3.8) is 0 Å². The highest BCUT2D eigenvalue weighted by molar-refractivity contribution is 5.97. The van der Waals surface area contributed by atoms with Crippen molar-refractivity contribution in [3.05, 3.63) is 35.9 Å². The highest BCUT2D eigenvalue weighted by Gasteiger charge is 2.16. The maximum atomic E-state index is 11.7. The molecule has 0 saturated heterocycles. The van der Waals surface area contributed by atoms with E-state index < -0.39 is 11.9 Å². The number of amides is 2. The molecule has 0 aliphatic heterocycles. The van der Waals surface area contributed by atoms with Crippen LogP contribution in [0.15, 0.2) is 30.3 Å². The number of carbonyl (C=O) groups excluding carboxylic acids is 2. The first-order valence-corrected chi connectivity index (χ1v) is 6.76. The highest BCUT2D eigenvalue weighted by atomic mass is 16.2. The van der Waals surface area contributed by atoms with E-state index in [4.69, 9.17) is 5.73 Å².